The average Bonchev–Trinajstić information content (AvgIpc) is 2.55. The SMILES string of the molecule is CC(Br)CCNC(=O)C1CCOC1. The summed E-state index contributed by atoms with van der Waals surface area (Å²) >= 11 is 3.43. The van der Waals surface area contributed by atoms with E-state index in [-0.39, 0.29) is 11.8 Å². The minimum Gasteiger partial charge on any atom is -0.381 e. The van der Waals surface area contributed by atoms with Crippen LogP contribution >= 0.6 is 15.9 Å². The first-order chi connectivity index (χ1) is 6.20. The third-order valence-corrected chi connectivity index (χ3v) is 2.60. The van der Waals surface area contributed by atoms with E-state index in [0.717, 1.165) is 26.0 Å². The predicted molar refractivity (Wildman–Crippen MR) is 54.9 cm³/mol. The number of rotatable bonds is 4. The van der Waals surface area contributed by atoms with Crippen LogP contribution in [0.25, 0.3) is 0 Å². The molecule has 2 atom stereocenters. The van der Waals surface area contributed by atoms with Crippen molar-refractivity contribution in [1.82, 2.24) is 5.32 Å². The van der Waals surface area contributed by atoms with E-state index in [2.05, 4.69) is 28.2 Å². The van der Waals surface area contributed by atoms with Gasteiger partial charge in [0.2, 0.25) is 5.91 Å². The number of alkyl halides is 1. The zero-order chi connectivity index (χ0) is 9.68. The minimum absolute atomic E-state index is 0.0885. The number of nitrogens with one attached hydrogen (secondary N) is 1. The molecule has 0 spiro atoms. The van der Waals surface area contributed by atoms with Crippen molar-refractivity contribution in [2.24, 2.45) is 5.92 Å². The van der Waals surface area contributed by atoms with Crippen molar-refractivity contribution < 1.29 is 9.53 Å². The highest BCUT2D eigenvalue weighted by atomic mass is 79.9. The van der Waals surface area contributed by atoms with E-state index < -0.39 is 0 Å². The molecule has 0 radical (unpaired) electrons. The summed E-state index contributed by atoms with van der Waals surface area (Å²) in [5, 5.41) is 2.91. The van der Waals surface area contributed by atoms with Crippen molar-refractivity contribution >= 4 is 21.8 Å². The molecule has 1 amide bonds. The van der Waals surface area contributed by atoms with Gasteiger partial charge in [-0.1, -0.05) is 22.9 Å². The molecule has 76 valence electrons. The second-order valence-corrected chi connectivity index (χ2v) is 4.98. The molecule has 13 heavy (non-hydrogen) atoms. The van der Waals surface area contributed by atoms with Crippen LogP contribution in [0, 0.1) is 5.92 Å². The number of halogens is 1. The predicted octanol–water partition coefficient (Wildman–Crippen LogP) is 1.31. The van der Waals surface area contributed by atoms with Crippen molar-refractivity contribution in [3.05, 3.63) is 0 Å². The largest absolute Gasteiger partial charge is 0.381 e. The Kier molecular flexibility index (Phi) is 4.73. The molecular weight excluding hydrogens is 234 g/mol. The van der Waals surface area contributed by atoms with Gasteiger partial charge in [-0.25, -0.2) is 0 Å². The lowest BCUT2D eigenvalue weighted by Gasteiger charge is -2.09. The molecule has 3 nitrogen and oxygen atoms in total. The average molecular weight is 250 g/mol. The van der Waals surface area contributed by atoms with Crippen LogP contribution in [0.3, 0.4) is 0 Å². The fourth-order valence-corrected chi connectivity index (χ4v) is 1.51. The monoisotopic (exact) mass is 249 g/mol. The Morgan fingerprint density at radius 2 is 2.54 bits per heavy atom. The van der Waals surface area contributed by atoms with Gasteiger partial charge in [0.15, 0.2) is 0 Å². The van der Waals surface area contributed by atoms with Crippen LogP contribution in [-0.4, -0.2) is 30.5 Å². The topological polar surface area (TPSA) is 38.3 Å². The van der Waals surface area contributed by atoms with Gasteiger partial charge in [-0.2, -0.15) is 0 Å². The summed E-state index contributed by atoms with van der Waals surface area (Å²) in [4.78, 5) is 11.9. The number of carbonyl (C=O) groups is 1. The lowest BCUT2D eigenvalue weighted by molar-refractivity contribution is -0.124. The molecule has 0 saturated carbocycles. The summed E-state index contributed by atoms with van der Waals surface area (Å²) in [6.45, 7) is 4.15. The first-order valence-corrected chi connectivity index (χ1v) is 5.61. The van der Waals surface area contributed by atoms with Crippen LogP contribution in [-0.2, 0) is 9.53 Å². The maximum Gasteiger partial charge on any atom is 0.225 e. The Morgan fingerprint density at radius 3 is 3.08 bits per heavy atom. The number of amides is 1. The number of hydrogen-bond acceptors (Lipinski definition) is 2. The number of carbonyl (C=O) groups excluding carboxylic acids is 1. The molecule has 0 aromatic carbocycles. The van der Waals surface area contributed by atoms with Crippen molar-refractivity contribution in [2.75, 3.05) is 19.8 Å². The van der Waals surface area contributed by atoms with Crippen molar-refractivity contribution in [2.45, 2.75) is 24.6 Å². The number of hydrogen-bond donors (Lipinski definition) is 1. The normalized spacial score (nSPS) is 24.3. The lowest BCUT2D eigenvalue weighted by atomic mass is 10.1. The van der Waals surface area contributed by atoms with E-state index >= 15 is 0 Å². The third kappa shape index (κ3) is 4.09. The zero-order valence-electron chi connectivity index (χ0n) is 7.88. The Balaban J connectivity index is 2.10. The molecule has 4 heteroatoms. The first-order valence-electron chi connectivity index (χ1n) is 4.69. The summed E-state index contributed by atoms with van der Waals surface area (Å²) in [5.41, 5.74) is 0. The molecular formula is C9H16BrNO2. The van der Waals surface area contributed by atoms with Crippen LogP contribution in [0.1, 0.15) is 19.8 Å². The van der Waals surface area contributed by atoms with Gasteiger partial charge < -0.3 is 10.1 Å². The maximum absolute atomic E-state index is 11.4. The van der Waals surface area contributed by atoms with Crippen LogP contribution in [0.5, 0.6) is 0 Å². The molecule has 0 aliphatic carbocycles. The van der Waals surface area contributed by atoms with Gasteiger partial charge in [-0.3, -0.25) is 4.79 Å². The van der Waals surface area contributed by atoms with E-state index in [0.29, 0.717) is 11.4 Å². The van der Waals surface area contributed by atoms with E-state index in [1.54, 1.807) is 0 Å². The van der Waals surface area contributed by atoms with E-state index in [4.69, 9.17) is 4.74 Å². The second-order valence-electron chi connectivity index (χ2n) is 3.42. The lowest BCUT2D eigenvalue weighted by Crippen LogP contribution is -2.32. The molecule has 2 unspecified atom stereocenters. The van der Waals surface area contributed by atoms with Crippen molar-refractivity contribution in [3.63, 3.8) is 0 Å². The van der Waals surface area contributed by atoms with Crippen LogP contribution in [0.2, 0.25) is 0 Å². The molecule has 1 rings (SSSR count). The second kappa shape index (κ2) is 5.60. The zero-order valence-corrected chi connectivity index (χ0v) is 9.47. The molecule has 1 N–H and O–H groups in total. The number of ether oxygens (including phenoxy) is 1. The van der Waals surface area contributed by atoms with Gasteiger partial charge in [0, 0.05) is 18.0 Å². The Bertz CT molecular complexity index is 167. The van der Waals surface area contributed by atoms with E-state index in [1.807, 2.05) is 0 Å². The van der Waals surface area contributed by atoms with Crippen LogP contribution in [0.15, 0.2) is 0 Å². The molecule has 1 heterocycles. The highest BCUT2D eigenvalue weighted by Crippen LogP contribution is 2.12. The van der Waals surface area contributed by atoms with Crippen LogP contribution in [0.4, 0.5) is 0 Å². The molecule has 1 aliphatic heterocycles. The Hall–Kier alpha value is -0.0900. The molecule has 1 fully saturated rings. The van der Waals surface area contributed by atoms with Gasteiger partial charge in [0.05, 0.1) is 12.5 Å². The maximum atomic E-state index is 11.4. The van der Waals surface area contributed by atoms with Gasteiger partial charge >= 0.3 is 0 Å². The van der Waals surface area contributed by atoms with Gasteiger partial charge in [-0.05, 0) is 12.8 Å². The molecule has 0 bridgehead atoms. The first kappa shape index (κ1) is 11.0. The fraction of sp³-hybridized carbons (Fsp3) is 0.889. The van der Waals surface area contributed by atoms with Crippen molar-refractivity contribution in [1.29, 1.82) is 0 Å². The summed E-state index contributed by atoms with van der Waals surface area (Å²) in [6, 6.07) is 0. The fourth-order valence-electron chi connectivity index (χ4n) is 1.28. The standard InChI is InChI=1S/C9H16BrNO2/c1-7(10)2-4-11-9(12)8-3-5-13-6-8/h7-8H,2-6H2,1H3,(H,11,12). The van der Waals surface area contributed by atoms with Crippen LogP contribution < -0.4 is 5.32 Å². The van der Waals surface area contributed by atoms with E-state index in [1.165, 1.54) is 0 Å². The molecule has 1 aliphatic rings. The summed E-state index contributed by atoms with van der Waals surface area (Å²) in [5.74, 6) is 0.233. The smallest absolute Gasteiger partial charge is 0.225 e. The quantitative estimate of drug-likeness (QED) is 0.764. The van der Waals surface area contributed by atoms with Crippen molar-refractivity contribution in [3.8, 4) is 0 Å². The van der Waals surface area contributed by atoms with Gasteiger partial charge in [0.1, 0.15) is 0 Å². The summed E-state index contributed by atoms with van der Waals surface area (Å²) in [6.07, 6.45) is 1.84. The summed E-state index contributed by atoms with van der Waals surface area (Å²) in [7, 11) is 0. The van der Waals surface area contributed by atoms with Gasteiger partial charge in [0.25, 0.3) is 0 Å². The molecule has 0 aromatic heterocycles. The minimum atomic E-state index is 0.0885. The highest BCUT2D eigenvalue weighted by Gasteiger charge is 2.22. The molecule has 1 saturated heterocycles. The Morgan fingerprint density at radius 1 is 1.77 bits per heavy atom. The van der Waals surface area contributed by atoms with Gasteiger partial charge in [-0.15, -0.1) is 0 Å². The van der Waals surface area contributed by atoms with E-state index in [9.17, 15) is 4.79 Å². The highest BCUT2D eigenvalue weighted by molar-refractivity contribution is 9.09. The third-order valence-electron chi connectivity index (χ3n) is 2.14. The Labute approximate surface area is 87.3 Å². The summed E-state index contributed by atoms with van der Waals surface area (Å²) < 4.78 is 5.14. The molecule has 0 aromatic rings.